The summed E-state index contributed by atoms with van der Waals surface area (Å²) in [5, 5.41) is 0. The quantitative estimate of drug-likeness (QED) is 0.372. The molecule has 0 amide bonds. The maximum absolute atomic E-state index is 11.7. The smallest absolute Gasteiger partial charge is 0.411 e. The molecule has 0 rings (SSSR count). The fourth-order valence-electron chi connectivity index (χ4n) is 0.873. The van der Waals surface area contributed by atoms with Gasteiger partial charge in [-0.05, 0) is 27.2 Å². The first-order valence-corrected chi connectivity index (χ1v) is 6.13. The van der Waals surface area contributed by atoms with Crippen molar-refractivity contribution in [1.29, 1.82) is 0 Å². The van der Waals surface area contributed by atoms with Gasteiger partial charge in [0.25, 0.3) is 0 Å². The van der Waals surface area contributed by atoms with Gasteiger partial charge in [-0.3, -0.25) is 4.79 Å². The van der Waals surface area contributed by atoms with Gasteiger partial charge in [0.15, 0.2) is 13.1 Å². The number of hydrogen-bond acceptors (Lipinski definition) is 5. The van der Waals surface area contributed by atoms with Crippen molar-refractivity contribution in [3.63, 3.8) is 0 Å². The Labute approximate surface area is 116 Å². The van der Waals surface area contributed by atoms with Crippen molar-refractivity contribution in [3.8, 4) is 0 Å². The number of halogens is 3. The van der Waals surface area contributed by atoms with E-state index < -0.39 is 37.3 Å². The van der Waals surface area contributed by atoms with Crippen LogP contribution in [0.15, 0.2) is 0 Å². The molecule has 1 atom stereocenters. The molecule has 120 valence electrons. The molecule has 0 saturated heterocycles. The number of esters is 1. The number of carbonyl (C=O) groups excluding carboxylic acids is 1. The van der Waals surface area contributed by atoms with Crippen LogP contribution in [0.25, 0.3) is 0 Å². The average Bonchev–Trinajstić information content (AvgIpc) is 2.33. The minimum Gasteiger partial charge on any atom is -0.438 e. The Balaban J connectivity index is 3.69. The topological polar surface area (TPSA) is 54.0 Å². The summed E-state index contributed by atoms with van der Waals surface area (Å²) in [5.74, 6) is -0.416. The Morgan fingerprint density at radius 2 is 1.70 bits per heavy atom. The first kappa shape index (κ1) is 19.1. The van der Waals surface area contributed by atoms with Gasteiger partial charge in [0, 0.05) is 0 Å². The van der Waals surface area contributed by atoms with Crippen LogP contribution in [0.5, 0.6) is 0 Å². The minimum absolute atomic E-state index is 0.331. The molecule has 0 heterocycles. The Morgan fingerprint density at radius 3 is 2.20 bits per heavy atom. The van der Waals surface area contributed by atoms with E-state index in [2.05, 4.69) is 4.74 Å². The van der Waals surface area contributed by atoms with Gasteiger partial charge >= 0.3 is 12.1 Å². The van der Waals surface area contributed by atoms with Gasteiger partial charge in [-0.2, -0.15) is 13.2 Å². The van der Waals surface area contributed by atoms with Crippen molar-refractivity contribution in [1.82, 2.24) is 0 Å². The van der Waals surface area contributed by atoms with E-state index in [-0.39, 0.29) is 6.79 Å². The van der Waals surface area contributed by atoms with Crippen LogP contribution in [0.3, 0.4) is 0 Å². The molecule has 0 aliphatic carbocycles. The Bertz CT molecular complexity index is 291. The maximum atomic E-state index is 11.7. The first-order valence-electron chi connectivity index (χ1n) is 6.13. The summed E-state index contributed by atoms with van der Waals surface area (Å²) in [6.07, 6.45) is -4.63. The van der Waals surface area contributed by atoms with Gasteiger partial charge in [-0.25, -0.2) is 0 Å². The predicted molar refractivity (Wildman–Crippen MR) is 63.5 cm³/mol. The molecule has 1 unspecified atom stereocenters. The van der Waals surface area contributed by atoms with Crippen molar-refractivity contribution >= 4 is 5.97 Å². The van der Waals surface area contributed by atoms with E-state index in [1.165, 1.54) is 6.92 Å². The molecule has 0 aliphatic rings. The molecule has 0 saturated carbocycles. The van der Waals surface area contributed by atoms with Crippen LogP contribution >= 0.6 is 0 Å². The summed E-state index contributed by atoms with van der Waals surface area (Å²) in [6.45, 7) is 4.50. The van der Waals surface area contributed by atoms with Crippen molar-refractivity contribution in [2.24, 2.45) is 5.41 Å². The lowest BCUT2D eigenvalue weighted by Crippen LogP contribution is -2.28. The first-order chi connectivity index (χ1) is 9.08. The third-order valence-electron chi connectivity index (χ3n) is 2.58. The summed E-state index contributed by atoms with van der Waals surface area (Å²) < 4.78 is 54.1. The van der Waals surface area contributed by atoms with Crippen molar-refractivity contribution < 1.29 is 36.9 Å². The number of ether oxygens (including phenoxy) is 4. The van der Waals surface area contributed by atoms with Crippen LogP contribution in [0.1, 0.15) is 34.1 Å². The van der Waals surface area contributed by atoms with Crippen molar-refractivity contribution in [3.05, 3.63) is 0 Å². The van der Waals surface area contributed by atoms with Crippen LogP contribution < -0.4 is 0 Å². The lowest BCUT2D eigenvalue weighted by Gasteiger charge is -2.21. The molecule has 0 aromatic heterocycles. The second-order valence-electron chi connectivity index (χ2n) is 4.77. The Hall–Kier alpha value is -0.860. The van der Waals surface area contributed by atoms with Crippen LogP contribution in [0.2, 0.25) is 0 Å². The fraction of sp³-hybridized carbons (Fsp3) is 0.917. The highest BCUT2D eigenvalue weighted by Gasteiger charge is 2.28. The molecule has 0 aromatic carbocycles. The molecular weight excluding hydrogens is 281 g/mol. The van der Waals surface area contributed by atoms with E-state index in [9.17, 15) is 18.0 Å². The summed E-state index contributed by atoms with van der Waals surface area (Å²) in [4.78, 5) is 11.6. The van der Waals surface area contributed by atoms with Crippen LogP contribution in [-0.2, 0) is 23.7 Å². The van der Waals surface area contributed by atoms with Crippen LogP contribution in [0, 0.1) is 5.41 Å². The van der Waals surface area contributed by atoms with E-state index in [1.54, 1.807) is 13.8 Å². The zero-order valence-electron chi connectivity index (χ0n) is 12.1. The lowest BCUT2D eigenvalue weighted by molar-refractivity contribution is -0.245. The molecule has 0 N–H and O–H groups in total. The largest absolute Gasteiger partial charge is 0.438 e. The number of rotatable bonds is 9. The van der Waals surface area contributed by atoms with Crippen LogP contribution in [0.4, 0.5) is 13.2 Å². The number of alkyl halides is 3. The standard InChI is InChI=1S/C12H21F3O5/c1-5-11(3,4)10(16)20-8-19-9(2)18-7-17-6-12(13,14)15/h9H,5-8H2,1-4H3. The van der Waals surface area contributed by atoms with Gasteiger partial charge in [0.1, 0.15) is 13.4 Å². The Kier molecular flexibility index (Phi) is 8.07. The van der Waals surface area contributed by atoms with Gasteiger partial charge < -0.3 is 18.9 Å². The van der Waals surface area contributed by atoms with E-state index in [0.29, 0.717) is 6.42 Å². The normalized spacial score (nSPS) is 14.2. The van der Waals surface area contributed by atoms with Gasteiger partial charge in [0.05, 0.1) is 5.41 Å². The highest BCUT2D eigenvalue weighted by atomic mass is 19.4. The molecule has 0 bridgehead atoms. The molecule has 0 aliphatic heterocycles. The molecule has 0 radical (unpaired) electrons. The van der Waals surface area contributed by atoms with E-state index in [4.69, 9.17) is 14.2 Å². The molecule has 0 aromatic rings. The minimum atomic E-state index is -4.39. The van der Waals surface area contributed by atoms with Crippen molar-refractivity contribution in [2.75, 3.05) is 20.2 Å². The number of hydrogen-bond donors (Lipinski definition) is 0. The monoisotopic (exact) mass is 302 g/mol. The zero-order chi connectivity index (χ0) is 15.8. The highest BCUT2D eigenvalue weighted by molar-refractivity contribution is 5.75. The summed E-state index contributed by atoms with van der Waals surface area (Å²) in [5.41, 5.74) is -0.608. The maximum Gasteiger partial charge on any atom is 0.411 e. The molecule has 20 heavy (non-hydrogen) atoms. The Morgan fingerprint density at radius 1 is 1.15 bits per heavy atom. The third kappa shape index (κ3) is 9.11. The van der Waals surface area contributed by atoms with Gasteiger partial charge in [-0.1, -0.05) is 6.92 Å². The zero-order valence-corrected chi connectivity index (χ0v) is 12.1. The van der Waals surface area contributed by atoms with Gasteiger partial charge in [-0.15, -0.1) is 0 Å². The molecular formula is C12H21F3O5. The summed E-state index contributed by atoms with van der Waals surface area (Å²) in [6, 6.07) is 0. The molecule has 5 nitrogen and oxygen atoms in total. The molecule has 0 spiro atoms. The van der Waals surface area contributed by atoms with Gasteiger partial charge in [0.2, 0.25) is 0 Å². The van der Waals surface area contributed by atoms with Crippen molar-refractivity contribution in [2.45, 2.75) is 46.6 Å². The number of carbonyl (C=O) groups is 1. The lowest BCUT2D eigenvalue weighted by atomic mass is 9.91. The summed E-state index contributed by atoms with van der Waals surface area (Å²) >= 11 is 0. The van der Waals surface area contributed by atoms with E-state index in [1.807, 2.05) is 6.92 Å². The fourth-order valence-corrected chi connectivity index (χ4v) is 0.873. The highest BCUT2D eigenvalue weighted by Crippen LogP contribution is 2.21. The average molecular weight is 302 g/mol. The van der Waals surface area contributed by atoms with E-state index in [0.717, 1.165) is 0 Å². The molecule has 8 heteroatoms. The summed E-state index contributed by atoms with van der Waals surface area (Å²) in [7, 11) is 0. The predicted octanol–water partition coefficient (Wildman–Crippen LogP) is 2.84. The SMILES string of the molecule is CCC(C)(C)C(=O)OCOC(C)OCOCC(F)(F)F. The van der Waals surface area contributed by atoms with E-state index >= 15 is 0 Å². The van der Waals surface area contributed by atoms with Crippen LogP contribution in [-0.4, -0.2) is 38.6 Å². The second kappa shape index (κ2) is 8.43. The second-order valence-corrected chi connectivity index (χ2v) is 4.77. The molecule has 0 fully saturated rings. The third-order valence-corrected chi connectivity index (χ3v) is 2.58.